The van der Waals surface area contributed by atoms with Crippen molar-refractivity contribution in [3.05, 3.63) is 29.3 Å². The second kappa shape index (κ2) is 5.11. The van der Waals surface area contributed by atoms with Gasteiger partial charge in [0.1, 0.15) is 12.4 Å². The Balaban J connectivity index is 2.26. The van der Waals surface area contributed by atoms with Crippen LogP contribution in [-0.4, -0.2) is 19.2 Å². The molecular formula is C13H13F3O3. The van der Waals surface area contributed by atoms with Gasteiger partial charge >= 0.3 is 12.1 Å². The van der Waals surface area contributed by atoms with Gasteiger partial charge in [-0.1, -0.05) is 12.1 Å². The molecule has 1 unspecified atom stereocenters. The van der Waals surface area contributed by atoms with E-state index in [1.54, 1.807) is 6.92 Å². The van der Waals surface area contributed by atoms with Crippen LogP contribution in [0, 0.1) is 5.92 Å². The molecule has 0 aromatic heterocycles. The van der Waals surface area contributed by atoms with E-state index in [1.165, 1.54) is 12.1 Å². The molecule has 0 radical (unpaired) electrons. The molecule has 0 spiro atoms. The summed E-state index contributed by atoms with van der Waals surface area (Å²) in [6.07, 6.45) is -4.25. The van der Waals surface area contributed by atoms with Crippen molar-refractivity contribution in [1.82, 2.24) is 0 Å². The van der Waals surface area contributed by atoms with Crippen molar-refractivity contribution in [3.8, 4) is 5.75 Å². The van der Waals surface area contributed by atoms with Crippen LogP contribution in [0.3, 0.4) is 0 Å². The van der Waals surface area contributed by atoms with E-state index < -0.39 is 23.6 Å². The lowest BCUT2D eigenvalue weighted by Crippen LogP contribution is -2.30. The van der Waals surface area contributed by atoms with Crippen molar-refractivity contribution in [2.45, 2.75) is 19.5 Å². The summed E-state index contributed by atoms with van der Waals surface area (Å²) in [7, 11) is 0. The van der Waals surface area contributed by atoms with Crippen molar-refractivity contribution in [2.75, 3.05) is 13.2 Å². The van der Waals surface area contributed by atoms with Crippen LogP contribution < -0.4 is 4.74 Å². The third-order valence-electron chi connectivity index (χ3n) is 2.92. The molecule has 1 heterocycles. The van der Waals surface area contributed by atoms with E-state index >= 15 is 0 Å². The fraction of sp³-hybridized carbons (Fsp3) is 0.462. The van der Waals surface area contributed by atoms with E-state index in [2.05, 4.69) is 0 Å². The minimum absolute atomic E-state index is 0.0844. The summed E-state index contributed by atoms with van der Waals surface area (Å²) in [5, 5.41) is 0. The van der Waals surface area contributed by atoms with E-state index in [9.17, 15) is 18.0 Å². The summed E-state index contributed by atoms with van der Waals surface area (Å²) in [5.74, 6) is -1.16. The highest BCUT2D eigenvalue weighted by Gasteiger charge is 2.38. The number of fused-ring (bicyclic) bond motifs is 1. The first-order valence-electron chi connectivity index (χ1n) is 5.92. The molecule has 0 amide bonds. The van der Waals surface area contributed by atoms with Gasteiger partial charge in [-0.15, -0.1) is 0 Å². The number of para-hydroxylation sites is 1. The first kappa shape index (κ1) is 13.7. The Labute approximate surface area is 108 Å². The third kappa shape index (κ3) is 2.83. The Morgan fingerprint density at radius 2 is 2.21 bits per heavy atom. The monoisotopic (exact) mass is 274 g/mol. The summed E-state index contributed by atoms with van der Waals surface area (Å²) in [5.41, 5.74) is -0.411. The summed E-state index contributed by atoms with van der Waals surface area (Å²) >= 11 is 0. The van der Waals surface area contributed by atoms with Crippen molar-refractivity contribution in [3.63, 3.8) is 0 Å². The predicted octanol–water partition coefficient (Wildman–Crippen LogP) is 2.82. The van der Waals surface area contributed by atoms with Crippen molar-refractivity contribution in [1.29, 1.82) is 0 Å². The van der Waals surface area contributed by atoms with E-state index in [1.807, 2.05) is 0 Å². The molecule has 0 N–H and O–H groups in total. The molecule has 0 bridgehead atoms. The molecule has 1 aliphatic rings. The third-order valence-corrected chi connectivity index (χ3v) is 2.92. The second-order valence-corrected chi connectivity index (χ2v) is 4.26. The van der Waals surface area contributed by atoms with Gasteiger partial charge in [-0.2, -0.15) is 13.2 Å². The van der Waals surface area contributed by atoms with Crippen molar-refractivity contribution in [2.24, 2.45) is 5.92 Å². The number of hydrogen-bond donors (Lipinski definition) is 0. The Kier molecular flexibility index (Phi) is 3.68. The average Bonchev–Trinajstić information content (AvgIpc) is 2.36. The zero-order valence-electron chi connectivity index (χ0n) is 10.3. The van der Waals surface area contributed by atoms with Gasteiger partial charge in [0.15, 0.2) is 0 Å². The van der Waals surface area contributed by atoms with Crippen LogP contribution in [0.5, 0.6) is 5.75 Å². The highest BCUT2D eigenvalue weighted by atomic mass is 19.4. The summed E-state index contributed by atoms with van der Waals surface area (Å²) in [6, 6.07) is 3.83. The van der Waals surface area contributed by atoms with Crippen LogP contribution in [-0.2, 0) is 22.1 Å². The maximum absolute atomic E-state index is 12.8. The molecule has 19 heavy (non-hydrogen) atoms. The van der Waals surface area contributed by atoms with Gasteiger partial charge < -0.3 is 9.47 Å². The maximum Gasteiger partial charge on any atom is 0.419 e. The molecule has 1 aromatic carbocycles. The van der Waals surface area contributed by atoms with Crippen LogP contribution in [0.15, 0.2) is 18.2 Å². The second-order valence-electron chi connectivity index (χ2n) is 4.26. The number of carbonyl (C=O) groups excluding carboxylic acids is 1. The van der Waals surface area contributed by atoms with Gasteiger partial charge in [0, 0.05) is 0 Å². The van der Waals surface area contributed by atoms with E-state index in [4.69, 9.17) is 9.47 Å². The Morgan fingerprint density at radius 3 is 2.84 bits per heavy atom. The minimum Gasteiger partial charge on any atom is -0.492 e. The number of ether oxygens (including phenoxy) is 2. The molecule has 2 rings (SSSR count). The van der Waals surface area contributed by atoms with Gasteiger partial charge in [-0.3, -0.25) is 4.79 Å². The van der Waals surface area contributed by atoms with Gasteiger partial charge in [0.25, 0.3) is 0 Å². The topological polar surface area (TPSA) is 35.5 Å². The van der Waals surface area contributed by atoms with Crippen LogP contribution in [0.1, 0.15) is 18.1 Å². The molecule has 0 saturated heterocycles. The fourth-order valence-electron chi connectivity index (χ4n) is 2.06. The summed E-state index contributed by atoms with van der Waals surface area (Å²) in [4.78, 5) is 11.6. The molecule has 104 valence electrons. The number of rotatable bonds is 2. The SMILES string of the molecule is CCOC(=O)C1COc2c(cccc2C(F)(F)F)C1. The fourth-order valence-corrected chi connectivity index (χ4v) is 2.06. The standard InChI is InChI=1S/C13H13F3O3/c1-2-18-12(17)9-6-8-4-3-5-10(13(14,15)16)11(8)19-7-9/h3-5,9H,2,6-7H2,1H3. The molecule has 1 aliphatic heterocycles. The zero-order chi connectivity index (χ0) is 14.0. The lowest BCUT2D eigenvalue weighted by atomic mass is 9.94. The number of benzene rings is 1. The lowest BCUT2D eigenvalue weighted by molar-refractivity contribution is -0.149. The molecule has 0 saturated carbocycles. The molecule has 1 atom stereocenters. The summed E-state index contributed by atoms with van der Waals surface area (Å²) in [6.45, 7) is 1.83. The zero-order valence-corrected chi connectivity index (χ0v) is 10.3. The molecule has 0 fully saturated rings. The minimum atomic E-state index is -4.46. The number of hydrogen-bond acceptors (Lipinski definition) is 3. The smallest absolute Gasteiger partial charge is 0.419 e. The quantitative estimate of drug-likeness (QED) is 0.778. The predicted molar refractivity (Wildman–Crippen MR) is 60.8 cm³/mol. The highest BCUT2D eigenvalue weighted by Crippen LogP contribution is 2.40. The van der Waals surface area contributed by atoms with Crippen LogP contribution >= 0.6 is 0 Å². The lowest BCUT2D eigenvalue weighted by Gasteiger charge is -2.26. The van der Waals surface area contributed by atoms with Crippen LogP contribution in [0.4, 0.5) is 13.2 Å². The summed E-state index contributed by atoms with van der Waals surface area (Å²) < 4.78 is 48.3. The maximum atomic E-state index is 12.8. The first-order valence-corrected chi connectivity index (χ1v) is 5.92. The van der Waals surface area contributed by atoms with E-state index in [0.29, 0.717) is 5.56 Å². The average molecular weight is 274 g/mol. The van der Waals surface area contributed by atoms with Crippen molar-refractivity contribution < 1.29 is 27.4 Å². The number of halogens is 3. The Hall–Kier alpha value is -1.72. The number of carbonyl (C=O) groups is 1. The van der Waals surface area contributed by atoms with E-state index in [-0.39, 0.29) is 25.4 Å². The molecule has 3 nitrogen and oxygen atoms in total. The van der Waals surface area contributed by atoms with Gasteiger partial charge in [0.2, 0.25) is 0 Å². The van der Waals surface area contributed by atoms with Crippen molar-refractivity contribution >= 4 is 5.97 Å². The largest absolute Gasteiger partial charge is 0.492 e. The first-order chi connectivity index (χ1) is 8.93. The normalized spacial score (nSPS) is 18.4. The van der Waals surface area contributed by atoms with Crippen LogP contribution in [0.2, 0.25) is 0 Å². The van der Waals surface area contributed by atoms with E-state index in [0.717, 1.165) is 6.07 Å². The van der Waals surface area contributed by atoms with Crippen LogP contribution in [0.25, 0.3) is 0 Å². The number of alkyl halides is 3. The molecule has 0 aliphatic carbocycles. The highest BCUT2D eigenvalue weighted by molar-refractivity contribution is 5.73. The van der Waals surface area contributed by atoms with Gasteiger partial charge in [0.05, 0.1) is 18.1 Å². The van der Waals surface area contributed by atoms with Gasteiger partial charge in [-0.05, 0) is 25.0 Å². The number of esters is 1. The van der Waals surface area contributed by atoms with Gasteiger partial charge in [-0.25, -0.2) is 0 Å². The molecule has 6 heteroatoms. The Bertz CT molecular complexity index is 483. The molecular weight excluding hydrogens is 261 g/mol. The molecule has 1 aromatic rings. The Morgan fingerprint density at radius 1 is 1.47 bits per heavy atom.